The summed E-state index contributed by atoms with van der Waals surface area (Å²) in [6.07, 6.45) is 2.35. The molecule has 0 aliphatic carbocycles. The van der Waals surface area contributed by atoms with Gasteiger partial charge in [-0.2, -0.15) is 0 Å². The van der Waals surface area contributed by atoms with E-state index >= 15 is 0 Å². The van der Waals surface area contributed by atoms with Crippen LogP contribution in [0.25, 0.3) is 0 Å². The predicted octanol–water partition coefficient (Wildman–Crippen LogP) is 2.47. The summed E-state index contributed by atoms with van der Waals surface area (Å²) in [5, 5.41) is 9.67. The Hall–Kier alpha value is -1.03. The van der Waals surface area contributed by atoms with Crippen LogP contribution in [0.15, 0.2) is 12.3 Å². The largest absolute Gasteiger partial charge is 0.493 e. The molecule has 4 heteroatoms. The predicted molar refractivity (Wildman–Crippen MR) is 75.6 cm³/mol. The first kappa shape index (κ1) is 16.0. The minimum absolute atomic E-state index is 0.0238. The Morgan fingerprint density at radius 2 is 2.11 bits per heavy atom. The van der Waals surface area contributed by atoms with Crippen LogP contribution in [-0.2, 0) is 9.53 Å². The maximum absolute atomic E-state index is 12.1. The van der Waals surface area contributed by atoms with Gasteiger partial charge >= 0.3 is 0 Å². The standard InChI is InChI=1S/C15H27NO3/c1-11(19-15(3,4)5)8-9-14(18)16-10-6-7-13(16)12(2)17/h12-13,17H,1,6-10H2,2-5H3. The number of ether oxygens (including phenoxy) is 1. The van der Waals surface area contributed by atoms with Gasteiger partial charge in [-0.05, 0) is 40.5 Å². The van der Waals surface area contributed by atoms with Crippen molar-refractivity contribution >= 4 is 5.91 Å². The molecule has 1 rings (SSSR count). The van der Waals surface area contributed by atoms with E-state index in [0.29, 0.717) is 18.6 Å². The topological polar surface area (TPSA) is 49.8 Å². The van der Waals surface area contributed by atoms with E-state index in [9.17, 15) is 9.90 Å². The maximum Gasteiger partial charge on any atom is 0.223 e. The van der Waals surface area contributed by atoms with Crippen LogP contribution >= 0.6 is 0 Å². The number of aliphatic hydroxyl groups is 1. The number of carbonyl (C=O) groups excluding carboxylic acids is 1. The molecule has 1 aliphatic rings. The number of amides is 1. The monoisotopic (exact) mass is 269 g/mol. The number of nitrogens with zero attached hydrogens (tertiary/aromatic N) is 1. The fraction of sp³-hybridized carbons (Fsp3) is 0.800. The molecule has 1 amide bonds. The van der Waals surface area contributed by atoms with Gasteiger partial charge in [-0.25, -0.2) is 0 Å². The molecule has 0 aromatic carbocycles. The molecule has 0 spiro atoms. The second-order valence-corrected chi connectivity index (χ2v) is 6.29. The van der Waals surface area contributed by atoms with Crippen molar-refractivity contribution in [3.63, 3.8) is 0 Å². The summed E-state index contributed by atoms with van der Waals surface area (Å²) in [5.41, 5.74) is -0.268. The molecule has 0 saturated carbocycles. The molecular formula is C15H27NO3. The smallest absolute Gasteiger partial charge is 0.223 e. The Morgan fingerprint density at radius 1 is 1.47 bits per heavy atom. The van der Waals surface area contributed by atoms with Gasteiger partial charge in [0.25, 0.3) is 0 Å². The molecule has 2 atom stereocenters. The SMILES string of the molecule is C=C(CCC(=O)N1CCCC1C(C)O)OC(C)(C)C. The zero-order valence-corrected chi connectivity index (χ0v) is 12.6. The second kappa shape index (κ2) is 6.42. The number of carbonyl (C=O) groups is 1. The number of hydrogen-bond donors (Lipinski definition) is 1. The number of aliphatic hydroxyl groups excluding tert-OH is 1. The first-order chi connectivity index (χ1) is 8.70. The van der Waals surface area contributed by atoms with Crippen molar-refractivity contribution < 1.29 is 14.6 Å². The van der Waals surface area contributed by atoms with Crippen LogP contribution in [0.5, 0.6) is 0 Å². The molecule has 1 heterocycles. The normalized spacial score (nSPS) is 21.3. The minimum Gasteiger partial charge on any atom is -0.493 e. The summed E-state index contributed by atoms with van der Waals surface area (Å²) in [6, 6.07) is -0.0238. The lowest BCUT2D eigenvalue weighted by Crippen LogP contribution is -2.41. The molecule has 1 N–H and O–H groups in total. The Kier molecular flexibility index (Phi) is 5.41. The molecule has 0 aromatic rings. The van der Waals surface area contributed by atoms with Gasteiger partial charge < -0.3 is 14.7 Å². The summed E-state index contributed by atoms with van der Waals surface area (Å²) in [4.78, 5) is 13.9. The minimum atomic E-state index is -0.458. The molecule has 19 heavy (non-hydrogen) atoms. The van der Waals surface area contributed by atoms with Gasteiger partial charge in [0.1, 0.15) is 5.60 Å². The zero-order chi connectivity index (χ0) is 14.6. The lowest BCUT2D eigenvalue weighted by molar-refractivity contribution is -0.134. The lowest BCUT2D eigenvalue weighted by atomic mass is 10.1. The van der Waals surface area contributed by atoms with Crippen molar-refractivity contribution in [2.45, 2.75) is 71.1 Å². The summed E-state index contributed by atoms with van der Waals surface area (Å²) in [5.74, 6) is 0.732. The molecule has 0 radical (unpaired) electrons. The first-order valence-corrected chi connectivity index (χ1v) is 7.05. The van der Waals surface area contributed by atoms with Crippen LogP contribution in [0.3, 0.4) is 0 Å². The quantitative estimate of drug-likeness (QED) is 0.780. The molecule has 0 bridgehead atoms. The number of allylic oxidation sites excluding steroid dienone is 1. The van der Waals surface area contributed by atoms with Crippen molar-refractivity contribution in [2.24, 2.45) is 0 Å². The van der Waals surface area contributed by atoms with Crippen molar-refractivity contribution in [2.75, 3.05) is 6.54 Å². The molecule has 4 nitrogen and oxygen atoms in total. The van der Waals surface area contributed by atoms with Crippen molar-refractivity contribution in [3.8, 4) is 0 Å². The Bertz CT molecular complexity index is 331. The van der Waals surface area contributed by atoms with Gasteiger partial charge in [-0.15, -0.1) is 0 Å². The molecule has 1 saturated heterocycles. The van der Waals surface area contributed by atoms with Crippen LogP contribution in [-0.4, -0.2) is 40.2 Å². The average molecular weight is 269 g/mol. The van der Waals surface area contributed by atoms with E-state index in [0.717, 1.165) is 19.4 Å². The molecular weight excluding hydrogens is 242 g/mol. The van der Waals surface area contributed by atoms with Gasteiger partial charge in [0.2, 0.25) is 5.91 Å². The highest BCUT2D eigenvalue weighted by molar-refractivity contribution is 5.77. The third-order valence-electron chi connectivity index (χ3n) is 3.24. The van der Waals surface area contributed by atoms with E-state index in [1.54, 1.807) is 11.8 Å². The summed E-state index contributed by atoms with van der Waals surface area (Å²) < 4.78 is 5.61. The van der Waals surface area contributed by atoms with Crippen LogP contribution in [0, 0.1) is 0 Å². The van der Waals surface area contributed by atoms with Crippen molar-refractivity contribution in [3.05, 3.63) is 12.3 Å². The van der Waals surface area contributed by atoms with E-state index in [4.69, 9.17) is 4.74 Å². The summed E-state index contributed by atoms with van der Waals surface area (Å²) in [7, 11) is 0. The van der Waals surface area contributed by atoms with E-state index in [1.165, 1.54) is 0 Å². The first-order valence-electron chi connectivity index (χ1n) is 7.05. The number of rotatable bonds is 5. The van der Waals surface area contributed by atoms with Gasteiger partial charge in [-0.1, -0.05) is 6.58 Å². The average Bonchev–Trinajstić information content (AvgIpc) is 2.72. The fourth-order valence-corrected chi connectivity index (χ4v) is 2.48. The van der Waals surface area contributed by atoms with E-state index < -0.39 is 6.10 Å². The van der Waals surface area contributed by atoms with Crippen molar-refractivity contribution in [1.82, 2.24) is 4.90 Å². The summed E-state index contributed by atoms with van der Waals surface area (Å²) in [6.45, 7) is 12.2. The lowest BCUT2D eigenvalue weighted by Gasteiger charge is -2.27. The van der Waals surface area contributed by atoms with Crippen LogP contribution in [0.1, 0.15) is 53.4 Å². The summed E-state index contributed by atoms with van der Waals surface area (Å²) >= 11 is 0. The molecule has 110 valence electrons. The number of likely N-dealkylation sites (tertiary alicyclic amines) is 1. The van der Waals surface area contributed by atoms with Crippen molar-refractivity contribution in [1.29, 1.82) is 0 Å². The molecule has 2 unspecified atom stereocenters. The van der Waals surface area contributed by atoms with Gasteiger partial charge in [0, 0.05) is 19.4 Å². The fourth-order valence-electron chi connectivity index (χ4n) is 2.48. The second-order valence-electron chi connectivity index (χ2n) is 6.29. The Balaban J connectivity index is 2.41. The highest BCUT2D eigenvalue weighted by Crippen LogP contribution is 2.23. The maximum atomic E-state index is 12.1. The molecule has 0 aromatic heterocycles. The zero-order valence-electron chi connectivity index (χ0n) is 12.6. The van der Waals surface area contributed by atoms with E-state index in [-0.39, 0.29) is 17.6 Å². The highest BCUT2D eigenvalue weighted by Gasteiger charge is 2.31. The Morgan fingerprint density at radius 3 is 2.63 bits per heavy atom. The van der Waals surface area contributed by atoms with Gasteiger partial charge in [0.15, 0.2) is 0 Å². The number of hydrogen-bond acceptors (Lipinski definition) is 3. The van der Waals surface area contributed by atoms with Gasteiger partial charge in [-0.3, -0.25) is 4.79 Å². The van der Waals surface area contributed by atoms with Gasteiger partial charge in [0.05, 0.1) is 17.9 Å². The third-order valence-corrected chi connectivity index (χ3v) is 3.24. The van der Waals surface area contributed by atoms with Crippen LogP contribution < -0.4 is 0 Å². The third kappa shape index (κ3) is 5.23. The molecule has 1 fully saturated rings. The molecule has 1 aliphatic heterocycles. The van der Waals surface area contributed by atoms with Crippen LogP contribution in [0.4, 0.5) is 0 Å². The van der Waals surface area contributed by atoms with Crippen LogP contribution in [0.2, 0.25) is 0 Å². The Labute approximate surface area is 116 Å². The van der Waals surface area contributed by atoms with E-state index in [1.807, 2.05) is 20.8 Å². The van der Waals surface area contributed by atoms with E-state index in [2.05, 4.69) is 6.58 Å². The highest BCUT2D eigenvalue weighted by atomic mass is 16.5.